The van der Waals surface area contributed by atoms with Crippen LogP contribution >= 0.6 is 0 Å². The van der Waals surface area contributed by atoms with Crippen molar-refractivity contribution in [3.05, 3.63) is 47.4 Å². The molecule has 3 rings (SSSR count). The number of hydrogen-bond acceptors (Lipinski definition) is 4. The number of nitrogens with two attached hydrogens (primary N) is 1. The molecule has 2 heterocycles. The quantitative estimate of drug-likeness (QED) is 0.620. The Labute approximate surface area is 161 Å². The lowest BCUT2D eigenvalue weighted by Gasteiger charge is -2.29. The molecular weight excluding hydrogens is 366 g/mol. The van der Waals surface area contributed by atoms with Gasteiger partial charge in [-0.05, 0) is 12.1 Å². The van der Waals surface area contributed by atoms with E-state index in [1.165, 1.54) is 30.1 Å². The Morgan fingerprint density at radius 1 is 1.36 bits per heavy atom. The summed E-state index contributed by atoms with van der Waals surface area (Å²) in [6.45, 7) is 2.33. The third kappa shape index (κ3) is 3.73. The predicted octanol–water partition coefficient (Wildman–Crippen LogP) is 2.08. The van der Waals surface area contributed by atoms with Gasteiger partial charge in [0.15, 0.2) is 5.82 Å². The van der Waals surface area contributed by atoms with Gasteiger partial charge in [0.1, 0.15) is 17.3 Å². The molecule has 148 valence electrons. The minimum absolute atomic E-state index is 0.0766. The van der Waals surface area contributed by atoms with Crippen LogP contribution in [0.4, 0.5) is 14.5 Å². The Bertz CT molecular complexity index is 979. The number of amidine groups is 1. The highest BCUT2D eigenvalue weighted by Gasteiger charge is 2.23. The van der Waals surface area contributed by atoms with Gasteiger partial charge in [-0.1, -0.05) is 0 Å². The Balaban J connectivity index is 2.03. The highest BCUT2D eigenvalue weighted by molar-refractivity contribution is 6.00. The van der Waals surface area contributed by atoms with Crippen molar-refractivity contribution in [1.29, 1.82) is 0 Å². The standard InChI is InChI=1S/C19H22F2N6O/c1-11(28)27-7-6-15(23-2)13(10-27)19(22)25-16-5-4-14(20)17(18(16)21)12-8-24-26(3)9-12/h4-5,8-9,23H,6-7,10H2,1-3H3,(H2,22,25). The van der Waals surface area contributed by atoms with Gasteiger partial charge in [-0.3, -0.25) is 9.48 Å². The minimum Gasteiger partial charge on any atom is -0.391 e. The van der Waals surface area contributed by atoms with E-state index in [2.05, 4.69) is 15.4 Å². The molecule has 0 saturated heterocycles. The smallest absolute Gasteiger partial charge is 0.219 e. The van der Waals surface area contributed by atoms with Crippen molar-refractivity contribution in [1.82, 2.24) is 20.0 Å². The molecule has 0 saturated carbocycles. The van der Waals surface area contributed by atoms with E-state index in [-0.39, 0.29) is 29.5 Å². The third-order valence-corrected chi connectivity index (χ3v) is 4.71. The number of rotatable bonds is 4. The Morgan fingerprint density at radius 3 is 2.71 bits per heavy atom. The van der Waals surface area contributed by atoms with E-state index in [9.17, 15) is 9.18 Å². The molecule has 0 spiro atoms. The van der Waals surface area contributed by atoms with E-state index in [1.807, 2.05) is 0 Å². The molecule has 1 aromatic carbocycles. The molecular formula is C19H22F2N6O. The number of carbonyl (C=O) groups is 1. The lowest BCUT2D eigenvalue weighted by atomic mass is 10.0. The highest BCUT2D eigenvalue weighted by atomic mass is 19.1. The second kappa shape index (κ2) is 7.79. The topological polar surface area (TPSA) is 88.5 Å². The van der Waals surface area contributed by atoms with E-state index in [0.29, 0.717) is 24.1 Å². The molecule has 0 fully saturated rings. The highest BCUT2D eigenvalue weighted by Crippen LogP contribution is 2.32. The number of amides is 1. The predicted molar refractivity (Wildman–Crippen MR) is 103 cm³/mol. The van der Waals surface area contributed by atoms with Crippen molar-refractivity contribution in [2.45, 2.75) is 13.3 Å². The summed E-state index contributed by atoms with van der Waals surface area (Å²) < 4.78 is 30.7. The summed E-state index contributed by atoms with van der Waals surface area (Å²) in [4.78, 5) is 17.5. The maximum Gasteiger partial charge on any atom is 0.219 e. The minimum atomic E-state index is -0.818. The lowest BCUT2D eigenvalue weighted by molar-refractivity contribution is -0.128. The van der Waals surface area contributed by atoms with Gasteiger partial charge in [0.25, 0.3) is 0 Å². The van der Waals surface area contributed by atoms with Crippen LogP contribution in [-0.4, -0.2) is 46.6 Å². The van der Waals surface area contributed by atoms with Crippen LogP contribution < -0.4 is 11.1 Å². The zero-order valence-corrected chi connectivity index (χ0v) is 16.0. The summed E-state index contributed by atoms with van der Waals surface area (Å²) in [5.74, 6) is -1.52. The first-order valence-corrected chi connectivity index (χ1v) is 8.78. The maximum atomic E-state index is 15.0. The number of benzene rings is 1. The number of aryl methyl sites for hydroxylation is 1. The first-order chi connectivity index (χ1) is 13.3. The normalized spacial score (nSPS) is 15.2. The van der Waals surface area contributed by atoms with Crippen LogP contribution in [0.25, 0.3) is 11.1 Å². The van der Waals surface area contributed by atoms with Crippen molar-refractivity contribution >= 4 is 17.4 Å². The molecule has 7 nitrogen and oxygen atoms in total. The molecule has 0 aliphatic carbocycles. The van der Waals surface area contributed by atoms with Gasteiger partial charge >= 0.3 is 0 Å². The Hall–Kier alpha value is -3.23. The first-order valence-electron chi connectivity index (χ1n) is 8.78. The Morgan fingerprint density at radius 2 is 2.11 bits per heavy atom. The number of carbonyl (C=O) groups excluding carboxylic acids is 1. The van der Waals surface area contributed by atoms with Gasteiger partial charge in [0.2, 0.25) is 5.91 Å². The summed E-state index contributed by atoms with van der Waals surface area (Å²) in [6, 6.07) is 2.39. The summed E-state index contributed by atoms with van der Waals surface area (Å²) in [6.07, 6.45) is 3.49. The fourth-order valence-electron chi connectivity index (χ4n) is 3.18. The number of aliphatic imine (C=N–C) groups is 1. The molecule has 9 heteroatoms. The molecule has 0 radical (unpaired) electrons. The second-order valence-corrected chi connectivity index (χ2v) is 6.55. The number of nitrogens with one attached hydrogen (secondary N) is 1. The van der Waals surface area contributed by atoms with Crippen molar-refractivity contribution in [2.24, 2.45) is 17.8 Å². The van der Waals surface area contributed by atoms with E-state index in [4.69, 9.17) is 5.73 Å². The number of hydrogen-bond donors (Lipinski definition) is 2. The molecule has 3 N–H and O–H groups in total. The molecule has 0 unspecified atom stereocenters. The van der Waals surface area contributed by atoms with Gasteiger partial charge in [-0.2, -0.15) is 5.10 Å². The van der Waals surface area contributed by atoms with Crippen LogP contribution in [0, 0.1) is 11.6 Å². The van der Waals surface area contributed by atoms with E-state index in [0.717, 1.165) is 11.8 Å². The molecule has 0 atom stereocenters. The Kier molecular flexibility index (Phi) is 5.43. The van der Waals surface area contributed by atoms with Crippen molar-refractivity contribution in [2.75, 3.05) is 20.1 Å². The molecule has 1 amide bonds. The van der Waals surface area contributed by atoms with Gasteiger partial charge < -0.3 is 16.0 Å². The van der Waals surface area contributed by atoms with Crippen LogP contribution in [0.1, 0.15) is 13.3 Å². The van der Waals surface area contributed by atoms with Crippen LogP contribution in [0.5, 0.6) is 0 Å². The van der Waals surface area contributed by atoms with Crippen molar-refractivity contribution in [3.63, 3.8) is 0 Å². The summed E-state index contributed by atoms with van der Waals surface area (Å²) in [7, 11) is 3.42. The summed E-state index contributed by atoms with van der Waals surface area (Å²) in [5, 5.41) is 7.01. The maximum absolute atomic E-state index is 15.0. The molecule has 1 aliphatic rings. The largest absolute Gasteiger partial charge is 0.391 e. The van der Waals surface area contributed by atoms with Crippen LogP contribution in [0.15, 0.2) is 40.8 Å². The molecule has 2 aromatic rings. The number of aromatic nitrogens is 2. The SMILES string of the molecule is CNC1=C(C(N)=Nc2ccc(F)c(-c3cnn(C)c3)c2F)CN(C(C)=O)CC1. The van der Waals surface area contributed by atoms with Gasteiger partial charge in [-0.15, -0.1) is 0 Å². The first kappa shape index (κ1) is 19.5. The molecule has 0 bridgehead atoms. The van der Waals surface area contributed by atoms with Crippen LogP contribution in [0.2, 0.25) is 0 Å². The molecule has 1 aromatic heterocycles. The fourth-order valence-corrected chi connectivity index (χ4v) is 3.18. The molecule has 1 aliphatic heterocycles. The fraction of sp³-hybridized carbons (Fsp3) is 0.316. The monoisotopic (exact) mass is 388 g/mol. The zero-order chi connectivity index (χ0) is 20.4. The summed E-state index contributed by atoms with van der Waals surface area (Å²) >= 11 is 0. The van der Waals surface area contributed by atoms with Crippen LogP contribution in [0.3, 0.4) is 0 Å². The average molecular weight is 388 g/mol. The van der Waals surface area contributed by atoms with E-state index >= 15 is 4.39 Å². The van der Waals surface area contributed by atoms with Crippen LogP contribution in [-0.2, 0) is 11.8 Å². The van der Waals surface area contributed by atoms with E-state index < -0.39 is 11.6 Å². The third-order valence-electron chi connectivity index (χ3n) is 4.71. The van der Waals surface area contributed by atoms with Gasteiger partial charge in [0.05, 0.1) is 18.3 Å². The van der Waals surface area contributed by atoms with E-state index in [1.54, 1.807) is 19.0 Å². The average Bonchev–Trinajstić information content (AvgIpc) is 3.09. The van der Waals surface area contributed by atoms with Crippen molar-refractivity contribution < 1.29 is 13.6 Å². The second-order valence-electron chi connectivity index (χ2n) is 6.55. The van der Waals surface area contributed by atoms with Gasteiger partial charge in [0, 0.05) is 57.0 Å². The van der Waals surface area contributed by atoms with Gasteiger partial charge in [-0.25, -0.2) is 13.8 Å². The lowest BCUT2D eigenvalue weighted by Crippen LogP contribution is -2.40. The summed E-state index contributed by atoms with van der Waals surface area (Å²) in [5.41, 5.74) is 7.63. The van der Waals surface area contributed by atoms with Crippen molar-refractivity contribution in [3.8, 4) is 11.1 Å². The number of halogens is 2. The molecule has 28 heavy (non-hydrogen) atoms. The number of nitrogens with zero attached hydrogens (tertiary/aromatic N) is 4. The zero-order valence-electron chi connectivity index (χ0n) is 16.0.